The molecular weight excluding hydrogens is 436 g/mol. The fourth-order valence-corrected chi connectivity index (χ4v) is 4.72. The molecule has 2 aliphatic rings. The third-order valence-corrected chi connectivity index (χ3v) is 6.56. The number of morpholine rings is 1. The summed E-state index contributed by atoms with van der Waals surface area (Å²) in [6.45, 7) is 9.58. The van der Waals surface area contributed by atoms with E-state index in [4.69, 9.17) is 14.5 Å². The van der Waals surface area contributed by atoms with Gasteiger partial charge in [-0.1, -0.05) is 49.0 Å². The lowest BCUT2D eigenvalue weighted by molar-refractivity contribution is 0.0322. The van der Waals surface area contributed by atoms with Crippen molar-refractivity contribution < 1.29 is 9.47 Å². The summed E-state index contributed by atoms with van der Waals surface area (Å²) in [6, 6.07) is 26.8. The molecule has 6 rings (SSSR count). The van der Waals surface area contributed by atoms with E-state index < -0.39 is 0 Å². The van der Waals surface area contributed by atoms with Gasteiger partial charge < -0.3 is 14.4 Å². The maximum atomic E-state index is 6.03. The maximum absolute atomic E-state index is 6.03. The van der Waals surface area contributed by atoms with Crippen LogP contribution in [-0.4, -0.2) is 53.9 Å². The zero-order valence-corrected chi connectivity index (χ0v) is 19.6. The quantitative estimate of drug-likeness (QED) is 0.393. The highest BCUT2D eigenvalue weighted by Gasteiger charge is 2.27. The first-order valence-corrected chi connectivity index (χ1v) is 12.0. The highest BCUT2D eigenvalue weighted by molar-refractivity contribution is 6.02. The van der Waals surface area contributed by atoms with Crippen molar-refractivity contribution in [2.45, 2.75) is 0 Å². The monoisotopic (exact) mass is 464 g/mol. The number of anilines is 1. The van der Waals surface area contributed by atoms with Crippen LogP contribution in [0.15, 0.2) is 85.4 Å². The minimum absolute atomic E-state index is 0.662. The molecule has 3 aromatic carbocycles. The van der Waals surface area contributed by atoms with Crippen LogP contribution in [0.5, 0.6) is 5.75 Å². The summed E-state index contributed by atoms with van der Waals surface area (Å²) in [5.41, 5.74) is 6.04. The predicted molar refractivity (Wildman–Crippen MR) is 141 cm³/mol. The van der Waals surface area contributed by atoms with Gasteiger partial charge >= 0.3 is 0 Å². The van der Waals surface area contributed by atoms with Crippen LogP contribution >= 0.6 is 0 Å². The Morgan fingerprint density at radius 2 is 1.63 bits per heavy atom. The third kappa shape index (κ3) is 4.22. The SMILES string of the molecule is C=C1c2nc3ccccc3n2C=C(c2ccccc2)N1c1ccc(OCCN2CCOCC2)cc1. The van der Waals surface area contributed by atoms with Gasteiger partial charge in [0.05, 0.1) is 35.6 Å². The van der Waals surface area contributed by atoms with Gasteiger partial charge in [-0.2, -0.15) is 0 Å². The number of ether oxygens (including phenoxy) is 2. The Bertz CT molecular complexity index is 1370. The lowest BCUT2D eigenvalue weighted by Gasteiger charge is -2.33. The molecule has 1 aromatic heterocycles. The molecule has 176 valence electrons. The van der Waals surface area contributed by atoms with Crippen LogP contribution in [0, 0.1) is 0 Å². The molecule has 0 bridgehead atoms. The Hall–Kier alpha value is -3.87. The van der Waals surface area contributed by atoms with Gasteiger partial charge in [-0.25, -0.2) is 4.98 Å². The van der Waals surface area contributed by atoms with Crippen LogP contribution in [-0.2, 0) is 4.74 Å². The van der Waals surface area contributed by atoms with Crippen LogP contribution in [0.2, 0.25) is 0 Å². The van der Waals surface area contributed by atoms with Gasteiger partial charge in [0.1, 0.15) is 12.4 Å². The number of para-hydroxylation sites is 2. The van der Waals surface area contributed by atoms with Gasteiger partial charge in [0, 0.05) is 37.1 Å². The van der Waals surface area contributed by atoms with Crippen LogP contribution in [0.25, 0.3) is 28.6 Å². The average molecular weight is 465 g/mol. The minimum atomic E-state index is 0.662. The minimum Gasteiger partial charge on any atom is -0.492 e. The third-order valence-electron chi connectivity index (χ3n) is 6.56. The highest BCUT2D eigenvalue weighted by atomic mass is 16.5. The van der Waals surface area contributed by atoms with E-state index in [9.17, 15) is 0 Å². The Morgan fingerprint density at radius 1 is 0.886 bits per heavy atom. The van der Waals surface area contributed by atoms with Gasteiger partial charge in [0.2, 0.25) is 0 Å². The summed E-state index contributed by atoms with van der Waals surface area (Å²) in [5.74, 6) is 1.71. The number of aromatic nitrogens is 2. The molecular formula is C29H28N4O2. The number of rotatable bonds is 6. The van der Waals surface area contributed by atoms with E-state index in [1.54, 1.807) is 0 Å². The topological polar surface area (TPSA) is 42.8 Å². The van der Waals surface area contributed by atoms with Crippen molar-refractivity contribution in [2.24, 2.45) is 0 Å². The number of hydrogen-bond donors (Lipinski definition) is 0. The molecule has 0 atom stereocenters. The van der Waals surface area contributed by atoms with E-state index in [2.05, 4.69) is 69.6 Å². The van der Waals surface area contributed by atoms with Gasteiger partial charge in [-0.05, 0) is 36.4 Å². The number of fused-ring (bicyclic) bond motifs is 3. The van der Waals surface area contributed by atoms with Crippen LogP contribution in [0.4, 0.5) is 5.69 Å². The fourth-order valence-electron chi connectivity index (χ4n) is 4.72. The van der Waals surface area contributed by atoms with Gasteiger partial charge in [-0.3, -0.25) is 9.47 Å². The largest absolute Gasteiger partial charge is 0.492 e. The van der Waals surface area contributed by atoms with Gasteiger partial charge in [-0.15, -0.1) is 0 Å². The molecule has 0 spiro atoms. The van der Waals surface area contributed by atoms with Crippen molar-refractivity contribution in [3.05, 3.63) is 96.8 Å². The molecule has 4 aromatic rings. The first-order chi connectivity index (χ1) is 17.3. The molecule has 6 heteroatoms. The number of nitrogens with zero attached hydrogens (tertiary/aromatic N) is 4. The zero-order valence-electron chi connectivity index (χ0n) is 19.6. The highest BCUT2D eigenvalue weighted by Crippen LogP contribution is 2.39. The van der Waals surface area contributed by atoms with E-state index in [0.717, 1.165) is 78.1 Å². The summed E-state index contributed by atoms with van der Waals surface area (Å²) in [6.07, 6.45) is 2.15. The average Bonchev–Trinajstić information content (AvgIpc) is 3.29. The van der Waals surface area contributed by atoms with E-state index in [-0.39, 0.29) is 0 Å². The molecule has 0 aliphatic carbocycles. The Balaban J connectivity index is 1.29. The molecule has 6 nitrogen and oxygen atoms in total. The number of benzene rings is 3. The fraction of sp³-hybridized carbons (Fsp3) is 0.207. The van der Waals surface area contributed by atoms with E-state index in [1.165, 1.54) is 0 Å². The summed E-state index contributed by atoms with van der Waals surface area (Å²) >= 11 is 0. The van der Waals surface area contributed by atoms with Crippen LogP contribution in [0.3, 0.4) is 0 Å². The van der Waals surface area contributed by atoms with Gasteiger partial charge in [0.15, 0.2) is 5.82 Å². The van der Waals surface area contributed by atoms with Crippen LogP contribution in [0.1, 0.15) is 11.4 Å². The van der Waals surface area contributed by atoms with E-state index in [1.807, 2.05) is 36.4 Å². The Kier molecular flexibility index (Phi) is 5.82. The zero-order chi connectivity index (χ0) is 23.6. The molecule has 3 heterocycles. The van der Waals surface area contributed by atoms with E-state index >= 15 is 0 Å². The first-order valence-electron chi connectivity index (χ1n) is 12.0. The molecule has 0 saturated carbocycles. The lowest BCUT2D eigenvalue weighted by Crippen LogP contribution is -2.38. The summed E-state index contributed by atoms with van der Waals surface area (Å²) in [4.78, 5) is 9.43. The molecule has 0 radical (unpaired) electrons. The van der Waals surface area contributed by atoms with E-state index in [0.29, 0.717) is 6.61 Å². The Morgan fingerprint density at radius 3 is 2.43 bits per heavy atom. The van der Waals surface area contributed by atoms with Crippen molar-refractivity contribution in [3.63, 3.8) is 0 Å². The standard InChI is InChI=1S/C29H28N4O2/c1-22-29-30-26-9-5-6-10-27(26)32(29)21-28(23-7-3-2-4-8-23)33(22)24-11-13-25(14-12-24)35-20-17-31-15-18-34-19-16-31/h2-14,21H,1,15-20H2. The second-order valence-electron chi connectivity index (χ2n) is 8.75. The van der Waals surface area contributed by atoms with Crippen LogP contribution < -0.4 is 9.64 Å². The molecule has 0 unspecified atom stereocenters. The van der Waals surface area contributed by atoms with Crippen molar-refractivity contribution in [1.82, 2.24) is 14.5 Å². The lowest BCUT2D eigenvalue weighted by atomic mass is 10.1. The molecule has 1 saturated heterocycles. The molecule has 35 heavy (non-hydrogen) atoms. The molecule has 2 aliphatic heterocycles. The summed E-state index contributed by atoms with van der Waals surface area (Å²) < 4.78 is 13.6. The second kappa shape index (κ2) is 9.41. The summed E-state index contributed by atoms with van der Waals surface area (Å²) in [5, 5.41) is 0. The maximum Gasteiger partial charge on any atom is 0.161 e. The van der Waals surface area contributed by atoms with Crippen molar-refractivity contribution in [3.8, 4) is 5.75 Å². The van der Waals surface area contributed by atoms with Gasteiger partial charge in [0.25, 0.3) is 0 Å². The number of imidazole rings is 1. The second-order valence-corrected chi connectivity index (χ2v) is 8.75. The van der Waals surface area contributed by atoms with Crippen molar-refractivity contribution in [1.29, 1.82) is 0 Å². The molecule has 0 amide bonds. The smallest absolute Gasteiger partial charge is 0.161 e. The first kappa shape index (κ1) is 21.6. The Labute approximate surface area is 205 Å². The van der Waals surface area contributed by atoms with Crippen molar-refractivity contribution in [2.75, 3.05) is 44.4 Å². The predicted octanol–water partition coefficient (Wildman–Crippen LogP) is 5.19. The molecule has 0 N–H and O–H groups in total. The number of hydrogen-bond acceptors (Lipinski definition) is 5. The summed E-state index contributed by atoms with van der Waals surface area (Å²) in [7, 11) is 0. The molecule has 1 fully saturated rings. The normalized spacial score (nSPS) is 16.3. The van der Waals surface area contributed by atoms with Crippen molar-refractivity contribution >= 4 is 34.3 Å².